The summed E-state index contributed by atoms with van der Waals surface area (Å²) >= 11 is 1.22. The fraction of sp³-hybridized carbons (Fsp3) is 0.143. The lowest BCUT2D eigenvalue weighted by Crippen LogP contribution is -2.35. The van der Waals surface area contributed by atoms with E-state index in [4.69, 9.17) is 10.00 Å². The van der Waals surface area contributed by atoms with E-state index in [2.05, 4.69) is 4.98 Å². The number of ether oxygens (including phenoxy) is 1. The lowest BCUT2D eigenvalue weighted by atomic mass is 10.2. The normalized spacial score (nSPS) is 10.2. The zero-order valence-electron chi connectivity index (χ0n) is 15.2. The minimum absolute atomic E-state index is 0.0745. The maximum atomic E-state index is 13.0. The van der Waals surface area contributed by atoms with E-state index >= 15 is 0 Å². The van der Waals surface area contributed by atoms with Gasteiger partial charge in [-0.1, -0.05) is 18.2 Å². The molecule has 3 aromatic rings. The van der Waals surface area contributed by atoms with E-state index < -0.39 is 18.5 Å². The molecule has 0 radical (unpaired) electrons. The molecule has 0 atom stereocenters. The minimum atomic E-state index is -0.726. The predicted octanol–water partition coefficient (Wildman–Crippen LogP) is 4.05. The summed E-state index contributed by atoms with van der Waals surface area (Å²) in [5.41, 5.74) is 1.37. The number of hydrogen-bond acceptors (Lipinski definition) is 6. The smallest absolute Gasteiger partial charge is 0.358 e. The largest absolute Gasteiger partial charge is 0.451 e. The van der Waals surface area contributed by atoms with Crippen molar-refractivity contribution in [2.45, 2.75) is 6.42 Å². The number of nitrogens with zero attached hydrogens (tertiary/aromatic N) is 3. The molecule has 0 aliphatic carbocycles. The number of nitriles is 1. The lowest BCUT2D eigenvalue weighted by molar-refractivity contribution is -0.121. The summed E-state index contributed by atoms with van der Waals surface area (Å²) in [7, 11) is 0. The van der Waals surface area contributed by atoms with Gasteiger partial charge in [0.1, 0.15) is 10.8 Å². The highest BCUT2D eigenvalue weighted by Gasteiger charge is 2.19. The number of carbonyl (C=O) groups is 2. The fourth-order valence-electron chi connectivity index (χ4n) is 2.54. The van der Waals surface area contributed by atoms with Crippen molar-refractivity contribution in [1.29, 1.82) is 5.26 Å². The van der Waals surface area contributed by atoms with Gasteiger partial charge in [0.25, 0.3) is 5.91 Å². The molecule has 1 aromatic heterocycles. The number of benzene rings is 2. The van der Waals surface area contributed by atoms with Gasteiger partial charge in [-0.3, -0.25) is 4.79 Å². The van der Waals surface area contributed by atoms with Gasteiger partial charge in [-0.05, 0) is 36.4 Å². The highest BCUT2D eigenvalue weighted by Crippen LogP contribution is 2.24. The van der Waals surface area contributed by atoms with Crippen molar-refractivity contribution in [2.24, 2.45) is 0 Å². The van der Waals surface area contributed by atoms with Crippen molar-refractivity contribution in [1.82, 2.24) is 4.98 Å². The third kappa shape index (κ3) is 5.24. The quantitative estimate of drug-likeness (QED) is 0.550. The van der Waals surface area contributed by atoms with Crippen LogP contribution in [0.15, 0.2) is 60.0 Å². The summed E-state index contributed by atoms with van der Waals surface area (Å²) in [6.07, 6.45) is 0.154. The summed E-state index contributed by atoms with van der Waals surface area (Å²) < 4.78 is 18.1. The van der Waals surface area contributed by atoms with Gasteiger partial charge in [0.15, 0.2) is 12.3 Å². The average Bonchev–Trinajstić information content (AvgIpc) is 3.24. The van der Waals surface area contributed by atoms with Gasteiger partial charge in [0.2, 0.25) is 0 Å². The van der Waals surface area contributed by atoms with Crippen LogP contribution < -0.4 is 4.90 Å². The fourth-order valence-corrected chi connectivity index (χ4v) is 3.33. The first-order valence-corrected chi connectivity index (χ1v) is 9.57. The molecule has 0 bridgehead atoms. The van der Waals surface area contributed by atoms with E-state index in [1.54, 1.807) is 36.4 Å². The second kappa shape index (κ2) is 9.57. The minimum Gasteiger partial charge on any atom is -0.451 e. The van der Waals surface area contributed by atoms with E-state index in [1.807, 2.05) is 12.1 Å². The third-order valence-corrected chi connectivity index (χ3v) is 4.84. The Morgan fingerprint density at radius 3 is 2.55 bits per heavy atom. The zero-order chi connectivity index (χ0) is 20.6. The Kier molecular flexibility index (Phi) is 6.66. The van der Waals surface area contributed by atoms with Gasteiger partial charge >= 0.3 is 5.97 Å². The monoisotopic (exact) mass is 409 g/mol. The molecule has 0 spiro atoms. The van der Waals surface area contributed by atoms with Crippen LogP contribution in [-0.2, 0) is 9.53 Å². The molecule has 6 nitrogen and oxygen atoms in total. The molecule has 0 aliphatic heterocycles. The molecular formula is C21H16FN3O3S. The average molecular weight is 409 g/mol. The van der Waals surface area contributed by atoms with Crippen LogP contribution in [0.3, 0.4) is 0 Å². The van der Waals surface area contributed by atoms with Gasteiger partial charge in [-0.25, -0.2) is 14.2 Å². The Morgan fingerprint density at radius 1 is 1.14 bits per heavy atom. The van der Waals surface area contributed by atoms with E-state index in [0.29, 0.717) is 16.3 Å². The Morgan fingerprint density at radius 2 is 1.86 bits per heavy atom. The predicted molar refractivity (Wildman–Crippen MR) is 107 cm³/mol. The van der Waals surface area contributed by atoms with Gasteiger partial charge < -0.3 is 9.64 Å². The SMILES string of the molecule is N#CCCN(C(=O)COC(=O)c1csc(-c2ccc(F)cc2)n1)c1ccccc1. The summed E-state index contributed by atoms with van der Waals surface area (Å²) in [5.74, 6) is -1.52. The number of hydrogen-bond donors (Lipinski definition) is 0. The van der Waals surface area contributed by atoms with Crippen LogP contribution in [0, 0.1) is 17.1 Å². The Bertz CT molecular complexity index is 1030. The standard InChI is InChI=1S/C21H16FN3O3S/c22-16-9-7-15(8-10-16)20-24-18(14-29-20)21(27)28-13-19(26)25(12-4-11-23)17-5-2-1-3-6-17/h1-3,5-10,14H,4,12-13H2. The van der Waals surface area contributed by atoms with Crippen LogP contribution in [0.25, 0.3) is 10.6 Å². The topological polar surface area (TPSA) is 83.3 Å². The molecule has 0 N–H and O–H groups in total. The first kappa shape index (κ1) is 20.2. The third-order valence-electron chi connectivity index (χ3n) is 3.95. The van der Waals surface area contributed by atoms with Crippen molar-refractivity contribution in [3.63, 3.8) is 0 Å². The number of amides is 1. The number of anilines is 1. The number of carbonyl (C=O) groups excluding carboxylic acids is 2. The Labute approximate surface area is 170 Å². The molecule has 146 valence electrons. The van der Waals surface area contributed by atoms with Crippen molar-refractivity contribution >= 4 is 28.9 Å². The maximum Gasteiger partial charge on any atom is 0.358 e. The van der Waals surface area contributed by atoms with Crippen molar-refractivity contribution in [2.75, 3.05) is 18.1 Å². The summed E-state index contributed by atoms with van der Waals surface area (Å²) in [6, 6.07) is 16.6. The molecule has 3 rings (SSSR count). The molecule has 0 saturated heterocycles. The van der Waals surface area contributed by atoms with Crippen LogP contribution in [0.1, 0.15) is 16.9 Å². The highest BCUT2D eigenvalue weighted by atomic mass is 32.1. The van der Waals surface area contributed by atoms with Crippen LogP contribution in [-0.4, -0.2) is 30.0 Å². The summed E-state index contributed by atoms with van der Waals surface area (Å²) in [5, 5.41) is 10.9. The second-order valence-corrected chi connectivity index (χ2v) is 6.77. The first-order chi connectivity index (χ1) is 14.1. The molecule has 8 heteroatoms. The van der Waals surface area contributed by atoms with Crippen molar-refractivity contribution in [3.05, 3.63) is 71.5 Å². The van der Waals surface area contributed by atoms with Crippen LogP contribution in [0.2, 0.25) is 0 Å². The number of para-hydroxylation sites is 1. The molecule has 1 amide bonds. The summed E-state index contributed by atoms with van der Waals surface area (Å²) in [4.78, 5) is 30.4. The van der Waals surface area contributed by atoms with E-state index in [-0.39, 0.29) is 24.5 Å². The number of rotatable bonds is 7. The number of esters is 1. The maximum absolute atomic E-state index is 13.0. The van der Waals surface area contributed by atoms with Crippen LogP contribution in [0.5, 0.6) is 0 Å². The lowest BCUT2D eigenvalue weighted by Gasteiger charge is -2.21. The van der Waals surface area contributed by atoms with Gasteiger partial charge in [-0.15, -0.1) is 11.3 Å². The molecule has 0 aliphatic rings. The molecule has 0 fully saturated rings. The van der Waals surface area contributed by atoms with Gasteiger partial charge in [0, 0.05) is 23.2 Å². The van der Waals surface area contributed by atoms with Crippen molar-refractivity contribution in [3.8, 4) is 16.6 Å². The first-order valence-electron chi connectivity index (χ1n) is 8.69. The molecular weight excluding hydrogens is 393 g/mol. The Hall–Kier alpha value is -3.57. The van der Waals surface area contributed by atoms with Gasteiger partial charge in [-0.2, -0.15) is 5.26 Å². The molecule has 29 heavy (non-hydrogen) atoms. The van der Waals surface area contributed by atoms with Crippen LogP contribution >= 0.6 is 11.3 Å². The number of thiazole rings is 1. The van der Waals surface area contributed by atoms with E-state index in [9.17, 15) is 14.0 Å². The zero-order valence-corrected chi connectivity index (χ0v) is 16.1. The molecule has 0 saturated carbocycles. The molecule has 2 aromatic carbocycles. The highest BCUT2D eigenvalue weighted by molar-refractivity contribution is 7.13. The van der Waals surface area contributed by atoms with Crippen molar-refractivity contribution < 1.29 is 18.7 Å². The second-order valence-electron chi connectivity index (χ2n) is 5.91. The van der Waals surface area contributed by atoms with Gasteiger partial charge in [0.05, 0.1) is 12.5 Å². The number of aromatic nitrogens is 1. The van der Waals surface area contributed by atoms with Crippen LogP contribution in [0.4, 0.5) is 10.1 Å². The van der Waals surface area contributed by atoms with E-state index in [1.165, 1.54) is 33.7 Å². The summed E-state index contributed by atoms with van der Waals surface area (Å²) in [6.45, 7) is -0.273. The Balaban J connectivity index is 1.64. The number of halogens is 1. The molecule has 0 unspecified atom stereocenters. The molecule has 1 heterocycles. The van der Waals surface area contributed by atoms with E-state index in [0.717, 1.165) is 0 Å².